The molecule has 4 nitrogen and oxygen atoms in total. The zero-order valence-corrected chi connectivity index (χ0v) is 10.3. The molecule has 0 spiro atoms. The number of aromatic nitrogens is 2. The number of rotatable bonds is 3. The summed E-state index contributed by atoms with van der Waals surface area (Å²) in [6, 6.07) is 0.230. The van der Waals surface area contributed by atoms with Crippen LogP contribution in [0, 0.1) is 12.8 Å². The maximum Gasteiger partial charge on any atom is 0.126 e. The van der Waals surface area contributed by atoms with E-state index in [0.717, 1.165) is 25.4 Å². The molecule has 1 unspecified atom stereocenters. The molecule has 0 saturated carbocycles. The third-order valence-electron chi connectivity index (χ3n) is 2.86. The molecule has 0 amide bonds. The highest BCUT2D eigenvalue weighted by atomic mass is 16.5. The van der Waals surface area contributed by atoms with Crippen molar-refractivity contribution in [2.75, 3.05) is 19.8 Å². The van der Waals surface area contributed by atoms with E-state index < -0.39 is 0 Å². The average Bonchev–Trinajstić information content (AvgIpc) is 2.61. The number of hydrogen-bond donors (Lipinski definition) is 2. The molecule has 1 aromatic heterocycles. The molecule has 1 aliphatic heterocycles. The Morgan fingerprint density at radius 3 is 2.94 bits per heavy atom. The monoisotopic (exact) mass is 223 g/mol. The number of nitrogens with zero attached hydrogens (tertiary/aromatic N) is 1. The van der Waals surface area contributed by atoms with Crippen molar-refractivity contribution in [2.24, 2.45) is 5.92 Å². The molecule has 90 valence electrons. The number of H-pyrrole nitrogens is 1. The van der Waals surface area contributed by atoms with Gasteiger partial charge >= 0.3 is 0 Å². The Balaban J connectivity index is 2.09. The summed E-state index contributed by atoms with van der Waals surface area (Å²) < 4.78 is 5.44. The van der Waals surface area contributed by atoms with Gasteiger partial charge in [0.25, 0.3) is 0 Å². The molecule has 4 heteroatoms. The van der Waals surface area contributed by atoms with Gasteiger partial charge in [-0.2, -0.15) is 0 Å². The summed E-state index contributed by atoms with van der Waals surface area (Å²) in [5, 5.41) is 3.41. The van der Waals surface area contributed by atoms with Gasteiger partial charge < -0.3 is 15.0 Å². The van der Waals surface area contributed by atoms with Crippen molar-refractivity contribution < 1.29 is 4.74 Å². The summed E-state index contributed by atoms with van der Waals surface area (Å²) in [7, 11) is 0. The maximum atomic E-state index is 5.44. The Labute approximate surface area is 96.8 Å². The van der Waals surface area contributed by atoms with E-state index in [2.05, 4.69) is 36.1 Å². The van der Waals surface area contributed by atoms with E-state index >= 15 is 0 Å². The predicted octanol–water partition coefficient (Wildman–Crippen LogP) is 1.58. The fraction of sp³-hybridized carbons (Fsp3) is 0.750. The van der Waals surface area contributed by atoms with E-state index in [1.807, 2.05) is 0 Å². The van der Waals surface area contributed by atoms with Crippen LogP contribution in [0.1, 0.15) is 37.1 Å². The van der Waals surface area contributed by atoms with Gasteiger partial charge in [0.05, 0.1) is 24.9 Å². The molecular weight excluding hydrogens is 202 g/mol. The van der Waals surface area contributed by atoms with Crippen molar-refractivity contribution in [1.29, 1.82) is 0 Å². The lowest BCUT2D eigenvalue weighted by Crippen LogP contribution is -2.35. The quantitative estimate of drug-likeness (QED) is 0.818. The summed E-state index contributed by atoms with van der Waals surface area (Å²) in [6.45, 7) is 8.95. The van der Waals surface area contributed by atoms with Crippen molar-refractivity contribution >= 4 is 0 Å². The predicted molar refractivity (Wildman–Crippen MR) is 63.4 cm³/mol. The summed E-state index contributed by atoms with van der Waals surface area (Å²) >= 11 is 0. The van der Waals surface area contributed by atoms with Gasteiger partial charge in [0.2, 0.25) is 0 Å². The van der Waals surface area contributed by atoms with Gasteiger partial charge in [0, 0.05) is 12.2 Å². The molecule has 1 aromatic rings. The number of morpholine rings is 1. The van der Waals surface area contributed by atoms with Crippen LogP contribution in [-0.2, 0) is 11.2 Å². The third kappa shape index (κ3) is 2.62. The highest BCUT2D eigenvalue weighted by Crippen LogP contribution is 2.17. The van der Waals surface area contributed by atoms with Crippen LogP contribution in [0.4, 0.5) is 0 Å². The van der Waals surface area contributed by atoms with Gasteiger partial charge in [0.15, 0.2) is 0 Å². The number of hydrogen-bond acceptors (Lipinski definition) is 3. The first kappa shape index (κ1) is 11.6. The van der Waals surface area contributed by atoms with Crippen LogP contribution in [0.5, 0.6) is 0 Å². The first-order chi connectivity index (χ1) is 7.66. The molecule has 0 aliphatic carbocycles. The maximum absolute atomic E-state index is 5.44. The van der Waals surface area contributed by atoms with E-state index in [1.165, 1.54) is 11.4 Å². The van der Waals surface area contributed by atoms with Crippen LogP contribution >= 0.6 is 0 Å². The van der Waals surface area contributed by atoms with Crippen LogP contribution in [0.3, 0.4) is 0 Å². The normalized spacial score (nSPS) is 21.6. The van der Waals surface area contributed by atoms with Crippen LogP contribution in [-0.4, -0.2) is 29.7 Å². The smallest absolute Gasteiger partial charge is 0.126 e. The molecule has 16 heavy (non-hydrogen) atoms. The molecule has 1 atom stereocenters. The second-order valence-corrected chi connectivity index (χ2v) is 4.87. The van der Waals surface area contributed by atoms with Crippen molar-refractivity contribution in [2.45, 2.75) is 33.2 Å². The fourth-order valence-corrected chi connectivity index (χ4v) is 2.01. The number of nitrogens with one attached hydrogen (secondary N) is 2. The van der Waals surface area contributed by atoms with Gasteiger partial charge in [-0.1, -0.05) is 13.8 Å². The van der Waals surface area contributed by atoms with Gasteiger partial charge in [-0.25, -0.2) is 4.98 Å². The van der Waals surface area contributed by atoms with Crippen LogP contribution < -0.4 is 5.32 Å². The molecule has 0 aromatic carbocycles. The van der Waals surface area contributed by atoms with Crippen molar-refractivity contribution in [3.63, 3.8) is 0 Å². The van der Waals surface area contributed by atoms with E-state index in [9.17, 15) is 0 Å². The fourth-order valence-electron chi connectivity index (χ4n) is 2.01. The second-order valence-electron chi connectivity index (χ2n) is 4.87. The van der Waals surface area contributed by atoms with Gasteiger partial charge in [-0.05, 0) is 19.3 Å². The van der Waals surface area contributed by atoms with Crippen LogP contribution in [0.2, 0.25) is 0 Å². The summed E-state index contributed by atoms with van der Waals surface area (Å²) in [6.07, 6.45) is 1.04. The third-order valence-corrected chi connectivity index (χ3v) is 2.86. The van der Waals surface area contributed by atoms with E-state index in [-0.39, 0.29) is 6.04 Å². The van der Waals surface area contributed by atoms with Crippen molar-refractivity contribution in [1.82, 2.24) is 15.3 Å². The summed E-state index contributed by atoms with van der Waals surface area (Å²) in [5.74, 6) is 1.67. The first-order valence-electron chi connectivity index (χ1n) is 6.03. The number of ether oxygens (including phenoxy) is 1. The van der Waals surface area contributed by atoms with E-state index in [1.54, 1.807) is 0 Å². The molecular formula is C12H21N3O. The van der Waals surface area contributed by atoms with Crippen molar-refractivity contribution in [3.8, 4) is 0 Å². The van der Waals surface area contributed by atoms with Crippen molar-refractivity contribution in [3.05, 3.63) is 17.2 Å². The van der Waals surface area contributed by atoms with E-state index in [0.29, 0.717) is 12.5 Å². The minimum absolute atomic E-state index is 0.230. The molecule has 0 radical (unpaired) electrons. The van der Waals surface area contributed by atoms with Gasteiger partial charge in [-0.3, -0.25) is 0 Å². The molecule has 1 aliphatic rings. The number of aryl methyl sites for hydroxylation is 1. The lowest BCUT2D eigenvalue weighted by molar-refractivity contribution is 0.0744. The lowest BCUT2D eigenvalue weighted by Gasteiger charge is -2.21. The Kier molecular flexibility index (Phi) is 3.61. The highest BCUT2D eigenvalue weighted by molar-refractivity contribution is 5.15. The Morgan fingerprint density at radius 1 is 1.50 bits per heavy atom. The van der Waals surface area contributed by atoms with Crippen LogP contribution in [0.15, 0.2) is 0 Å². The minimum atomic E-state index is 0.230. The standard InChI is InChI=1S/C12H21N3O/c1-8(2)6-10-9(3)14-12(15-10)11-7-16-5-4-13-11/h8,11,13H,4-7H2,1-3H3,(H,14,15). The summed E-state index contributed by atoms with van der Waals surface area (Å²) in [4.78, 5) is 8.04. The van der Waals surface area contributed by atoms with Gasteiger partial charge in [-0.15, -0.1) is 0 Å². The molecule has 2 N–H and O–H groups in total. The second kappa shape index (κ2) is 4.97. The molecule has 2 heterocycles. The first-order valence-corrected chi connectivity index (χ1v) is 6.03. The van der Waals surface area contributed by atoms with Crippen LogP contribution in [0.25, 0.3) is 0 Å². The van der Waals surface area contributed by atoms with Gasteiger partial charge in [0.1, 0.15) is 5.82 Å². The topological polar surface area (TPSA) is 49.9 Å². The molecule has 0 bridgehead atoms. The number of aromatic amines is 1. The largest absolute Gasteiger partial charge is 0.378 e. The molecule has 2 rings (SSSR count). The zero-order valence-electron chi connectivity index (χ0n) is 10.3. The Bertz CT molecular complexity index is 340. The zero-order chi connectivity index (χ0) is 11.5. The Morgan fingerprint density at radius 2 is 2.31 bits per heavy atom. The Hall–Kier alpha value is -0.870. The molecule has 1 saturated heterocycles. The minimum Gasteiger partial charge on any atom is -0.378 e. The molecule has 1 fully saturated rings. The lowest BCUT2D eigenvalue weighted by atomic mass is 10.1. The average molecular weight is 223 g/mol. The number of imidazole rings is 1. The highest BCUT2D eigenvalue weighted by Gasteiger charge is 2.19. The summed E-state index contributed by atoms with van der Waals surface area (Å²) in [5.41, 5.74) is 2.38. The van der Waals surface area contributed by atoms with E-state index in [4.69, 9.17) is 4.74 Å². The SMILES string of the molecule is Cc1[nH]c(C2COCCN2)nc1CC(C)C.